The van der Waals surface area contributed by atoms with Crippen LogP contribution in [0.5, 0.6) is 0 Å². The van der Waals surface area contributed by atoms with Crippen molar-refractivity contribution in [1.29, 1.82) is 0 Å². The first-order valence-corrected chi connectivity index (χ1v) is 5.16. The zero-order chi connectivity index (χ0) is 11.0. The maximum atomic E-state index is 5.82. The number of hydrogen-bond acceptors (Lipinski definition) is 4. The van der Waals surface area contributed by atoms with E-state index in [1.54, 1.807) is 10.9 Å². The Bertz CT molecular complexity index is 486. The van der Waals surface area contributed by atoms with Crippen molar-refractivity contribution in [3.8, 4) is 11.3 Å². The minimum Gasteiger partial charge on any atom is -0.383 e. The van der Waals surface area contributed by atoms with Crippen molar-refractivity contribution in [2.45, 2.75) is 6.92 Å². The summed E-state index contributed by atoms with van der Waals surface area (Å²) in [6, 6.07) is 1.96. The Hall–Kier alpha value is -1.43. The van der Waals surface area contributed by atoms with Crippen LogP contribution in [0.25, 0.3) is 11.3 Å². The summed E-state index contributed by atoms with van der Waals surface area (Å²) < 4.78 is 2.33. The van der Waals surface area contributed by atoms with Gasteiger partial charge in [0.1, 0.15) is 11.5 Å². The third-order valence-corrected chi connectivity index (χ3v) is 2.63. The molecule has 0 radical (unpaired) electrons. The molecular formula is C9H10BrN5. The Morgan fingerprint density at radius 3 is 2.80 bits per heavy atom. The molecule has 15 heavy (non-hydrogen) atoms. The number of aryl methyl sites for hydroxylation is 2. The second-order valence-corrected chi connectivity index (χ2v) is 4.05. The normalized spacial score (nSPS) is 10.6. The average Bonchev–Trinajstić information content (AvgIpc) is 2.51. The highest BCUT2D eigenvalue weighted by Crippen LogP contribution is 2.29. The van der Waals surface area contributed by atoms with Crippen molar-refractivity contribution >= 4 is 21.7 Å². The molecule has 2 heterocycles. The number of pyridine rings is 1. The predicted octanol–water partition coefficient (Wildman–Crippen LogP) is 1.53. The first-order valence-electron chi connectivity index (χ1n) is 4.37. The molecule has 0 aliphatic rings. The van der Waals surface area contributed by atoms with Gasteiger partial charge in [-0.25, -0.2) is 9.67 Å². The molecule has 78 valence electrons. The summed E-state index contributed by atoms with van der Waals surface area (Å²) in [5, 5.41) is 7.81. The van der Waals surface area contributed by atoms with Gasteiger partial charge < -0.3 is 5.73 Å². The molecule has 6 heteroatoms. The minimum atomic E-state index is 0.478. The second-order valence-electron chi connectivity index (χ2n) is 3.30. The van der Waals surface area contributed by atoms with Crippen LogP contribution >= 0.6 is 15.9 Å². The van der Waals surface area contributed by atoms with Crippen LogP contribution in [-0.2, 0) is 7.05 Å². The second kappa shape index (κ2) is 3.62. The number of hydrogen-bond donors (Lipinski definition) is 1. The molecule has 0 saturated carbocycles. The van der Waals surface area contributed by atoms with E-state index in [1.165, 1.54) is 0 Å². The van der Waals surface area contributed by atoms with Gasteiger partial charge in [-0.2, -0.15) is 0 Å². The molecule has 0 aromatic carbocycles. The topological polar surface area (TPSA) is 69.6 Å². The van der Waals surface area contributed by atoms with Crippen LogP contribution in [0.2, 0.25) is 0 Å². The number of rotatable bonds is 1. The largest absolute Gasteiger partial charge is 0.383 e. The van der Waals surface area contributed by atoms with Gasteiger partial charge in [-0.15, -0.1) is 5.10 Å². The van der Waals surface area contributed by atoms with Gasteiger partial charge in [0, 0.05) is 18.8 Å². The smallest absolute Gasteiger partial charge is 0.156 e. The average molecular weight is 268 g/mol. The van der Waals surface area contributed by atoms with Crippen molar-refractivity contribution in [2.24, 2.45) is 7.05 Å². The molecule has 0 aliphatic heterocycles. The van der Waals surface area contributed by atoms with Crippen LogP contribution < -0.4 is 5.73 Å². The van der Waals surface area contributed by atoms with Crippen LogP contribution in [0.4, 0.5) is 5.82 Å². The molecule has 0 atom stereocenters. The summed E-state index contributed by atoms with van der Waals surface area (Å²) in [7, 11) is 1.81. The predicted molar refractivity (Wildman–Crippen MR) is 61.1 cm³/mol. The Balaban J connectivity index is 2.68. The van der Waals surface area contributed by atoms with Crippen molar-refractivity contribution in [1.82, 2.24) is 20.0 Å². The van der Waals surface area contributed by atoms with Crippen molar-refractivity contribution in [3.05, 3.63) is 22.4 Å². The maximum Gasteiger partial charge on any atom is 0.156 e. The van der Waals surface area contributed by atoms with Gasteiger partial charge in [0.15, 0.2) is 4.60 Å². The Kier molecular flexibility index (Phi) is 2.44. The molecule has 0 bridgehead atoms. The zero-order valence-electron chi connectivity index (χ0n) is 8.40. The number of nitrogen functional groups attached to an aromatic ring is 1. The van der Waals surface area contributed by atoms with Crippen LogP contribution in [0.1, 0.15) is 5.56 Å². The molecule has 2 N–H and O–H groups in total. The van der Waals surface area contributed by atoms with E-state index in [0.717, 1.165) is 16.8 Å². The summed E-state index contributed by atoms with van der Waals surface area (Å²) in [5.41, 5.74) is 8.54. The molecule has 2 aromatic rings. The van der Waals surface area contributed by atoms with E-state index in [2.05, 4.69) is 31.2 Å². The molecule has 0 saturated heterocycles. The fourth-order valence-electron chi connectivity index (χ4n) is 1.39. The lowest BCUT2D eigenvalue weighted by Gasteiger charge is -2.05. The van der Waals surface area contributed by atoms with Crippen molar-refractivity contribution in [3.63, 3.8) is 0 Å². The Labute approximate surface area is 95.4 Å². The molecular weight excluding hydrogens is 258 g/mol. The Morgan fingerprint density at radius 2 is 2.20 bits per heavy atom. The van der Waals surface area contributed by atoms with Gasteiger partial charge in [0.2, 0.25) is 0 Å². The lowest BCUT2D eigenvalue weighted by molar-refractivity contribution is 0.720. The zero-order valence-corrected chi connectivity index (χ0v) is 9.98. The number of anilines is 1. The van der Waals surface area contributed by atoms with Crippen molar-refractivity contribution in [2.75, 3.05) is 5.73 Å². The third-order valence-electron chi connectivity index (χ3n) is 2.10. The van der Waals surface area contributed by atoms with Gasteiger partial charge in [-0.05, 0) is 34.5 Å². The van der Waals surface area contributed by atoms with Gasteiger partial charge in [-0.1, -0.05) is 5.21 Å². The summed E-state index contributed by atoms with van der Waals surface area (Å²) in [4.78, 5) is 4.10. The monoisotopic (exact) mass is 267 g/mol. The Morgan fingerprint density at radius 1 is 1.47 bits per heavy atom. The lowest BCUT2D eigenvalue weighted by Crippen LogP contribution is -2.00. The van der Waals surface area contributed by atoms with E-state index in [4.69, 9.17) is 5.73 Å². The van der Waals surface area contributed by atoms with Crippen LogP contribution in [0.3, 0.4) is 0 Å². The number of halogens is 1. The molecule has 2 aromatic heterocycles. The fraction of sp³-hybridized carbons (Fsp3) is 0.222. The first kappa shape index (κ1) is 10.1. The van der Waals surface area contributed by atoms with Gasteiger partial charge in [0.05, 0.1) is 0 Å². The van der Waals surface area contributed by atoms with Crippen LogP contribution in [0, 0.1) is 6.92 Å². The highest BCUT2D eigenvalue weighted by molar-refractivity contribution is 9.10. The number of aromatic nitrogens is 4. The van der Waals surface area contributed by atoms with E-state index in [9.17, 15) is 0 Å². The number of nitrogens with two attached hydrogens (primary N) is 1. The molecule has 0 unspecified atom stereocenters. The van der Waals surface area contributed by atoms with Crippen molar-refractivity contribution < 1.29 is 0 Å². The van der Waals surface area contributed by atoms with E-state index >= 15 is 0 Å². The summed E-state index contributed by atoms with van der Waals surface area (Å²) in [6.45, 7) is 1.97. The van der Waals surface area contributed by atoms with Crippen LogP contribution in [-0.4, -0.2) is 20.0 Å². The van der Waals surface area contributed by atoms with E-state index in [0.29, 0.717) is 10.4 Å². The lowest BCUT2D eigenvalue weighted by atomic mass is 10.1. The van der Waals surface area contributed by atoms with E-state index < -0.39 is 0 Å². The molecule has 2 rings (SSSR count). The third kappa shape index (κ3) is 1.72. The fourth-order valence-corrected chi connectivity index (χ4v) is 1.93. The van der Waals surface area contributed by atoms with Gasteiger partial charge >= 0.3 is 0 Å². The molecule has 0 amide bonds. The molecule has 0 spiro atoms. The number of nitrogens with zero attached hydrogens (tertiary/aromatic N) is 4. The molecule has 0 fully saturated rings. The van der Waals surface area contributed by atoms with Gasteiger partial charge in [0.25, 0.3) is 0 Å². The summed E-state index contributed by atoms with van der Waals surface area (Å²) in [5.74, 6) is 0.478. The van der Waals surface area contributed by atoms with E-state index in [-0.39, 0.29) is 0 Å². The summed E-state index contributed by atoms with van der Waals surface area (Å²) in [6.07, 6.45) is 1.73. The molecule has 5 nitrogen and oxygen atoms in total. The SMILES string of the molecule is Cc1cnc(N)c(-c2c(Br)nnn2C)c1. The minimum absolute atomic E-state index is 0.478. The van der Waals surface area contributed by atoms with Crippen LogP contribution in [0.15, 0.2) is 16.9 Å². The highest BCUT2D eigenvalue weighted by atomic mass is 79.9. The standard InChI is InChI=1S/C9H10BrN5/c1-5-3-6(9(11)12-4-5)7-8(10)13-14-15(7)2/h3-4H,1-2H3,(H2,11,12). The van der Waals surface area contributed by atoms with Gasteiger partial charge in [-0.3, -0.25) is 0 Å². The molecule has 0 aliphatic carbocycles. The quantitative estimate of drug-likeness (QED) is 0.851. The summed E-state index contributed by atoms with van der Waals surface area (Å²) >= 11 is 3.33. The first-order chi connectivity index (χ1) is 7.09. The highest BCUT2D eigenvalue weighted by Gasteiger charge is 2.13. The maximum absolute atomic E-state index is 5.82. The van der Waals surface area contributed by atoms with E-state index in [1.807, 2.05) is 20.0 Å².